The lowest BCUT2D eigenvalue weighted by Gasteiger charge is -2.37. The maximum atomic E-state index is 12.8. The van der Waals surface area contributed by atoms with Crippen molar-refractivity contribution in [2.45, 2.75) is 69.3 Å². The van der Waals surface area contributed by atoms with E-state index in [0.29, 0.717) is 17.6 Å². The lowest BCUT2D eigenvalue weighted by molar-refractivity contribution is -0.0980. The Kier molecular flexibility index (Phi) is 12.5. The first-order valence-electron chi connectivity index (χ1n) is 14.5. The topological polar surface area (TPSA) is 141 Å². The van der Waals surface area contributed by atoms with E-state index in [9.17, 15) is 8.42 Å². The van der Waals surface area contributed by atoms with Gasteiger partial charge >= 0.3 is 0 Å². The molecule has 0 bridgehead atoms. The molecule has 0 amide bonds. The summed E-state index contributed by atoms with van der Waals surface area (Å²) in [5, 5.41) is 10.0. The molecule has 0 unspecified atom stereocenters. The molecule has 12 nitrogen and oxygen atoms in total. The van der Waals surface area contributed by atoms with Crippen LogP contribution < -0.4 is 15.4 Å². The second-order valence-electron chi connectivity index (χ2n) is 11.2. The number of anilines is 4. The first-order valence-corrected chi connectivity index (χ1v) is 16.5. The van der Waals surface area contributed by atoms with Gasteiger partial charge in [-0.3, -0.25) is 4.68 Å². The van der Waals surface area contributed by atoms with Crippen molar-refractivity contribution in [3.8, 4) is 5.75 Å². The molecule has 3 aromatic rings. The third-order valence-electron chi connectivity index (χ3n) is 7.03. The maximum absolute atomic E-state index is 12.8. The summed E-state index contributed by atoms with van der Waals surface area (Å²) in [6, 6.07) is 4.21. The third kappa shape index (κ3) is 8.90. The zero-order valence-corrected chi connectivity index (χ0v) is 28.1. The lowest BCUT2D eigenvalue weighted by Crippen LogP contribution is -2.42. The number of hydrogen-bond donors (Lipinski definition) is 2. The highest BCUT2D eigenvalue weighted by molar-refractivity contribution is 7.92. The number of nitrogens with one attached hydrogen (secondary N) is 2. The average Bonchev–Trinajstić information content (AvgIpc) is 3.71. The van der Waals surface area contributed by atoms with Crippen molar-refractivity contribution in [2.75, 3.05) is 44.5 Å². The summed E-state index contributed by atoms with van der Waals surface area (Å²) in [6.45, 7) is 12.4. The fourth-order valence-electron chi connectivity index (χ4n) is 4.55. The number of hydrogen-bond acceptors (Lipinski definition) is 11. The summed E-state index contributed by atoms with van der Waals surface area (Å²) < 4.78 is 38.0. The minimum Gasteiger partial charge on any atom is -0.488 e. The Morgan fingerprint density at radius 2 is 1.82 bits per heavy atom. The molecule has 242 valence electrons. The monoisotopic (exact) mass is 649 g/mol. The normalized spacial score (nSPS) is 15.0. The SMILES string of the molecule is C=O.CCCOC.Cc1cc(Nc2ncc(Cl)c(Nc3cn(C)nc3S(=O)(=O)C(C)C)n2)c(OC2CC2)cc1C1CN(C)C1. The van der Waals surface area contributed by atoms with E-state index in [4.69, 9.17) is 25.9 Å². The Hall–Kier alpha value is -3.26. The Morgan fingerprint density at radius 1 is 1.14 bits per heavy atom. The number of aryl methyl sites for hydroxylation is 2. The van der Waals surface area contributed by atoms with Gasteiger partial charge in [0, 0.05) is 46.0 Å². The molecule has 2 fully saturated rings. The zero-order valence-electron chi connectivity index (χ0n) is 26.6. The van der Waals surface area contributed by atoms with Gasteiger partial charge in [-0.05, 0) is 70.3 Å². The van der Waals surface area contributed by atoms with Crippen LogP contribution in [-0.4, -0.2) is 85.1 Å². The van der Waals surface area contributed by atoms with Gasteiger partial charge in [0.2, 0.25) is 20.8 Å². The predicted molar refractivity (Wildman–Crippen MR) is 173 cm³/mol. The van der Waals surface area contributed by atoms with Gasteiger partial charge in [-0.15, -0.1) is 0 Å². The summed E-state index contributed by atoms with van der Waals surface area (Å²) in [7, 11) is 1.87. The van der Waals surface area contributed by atoms with Crippen LogP contribution >= 0.6 is 11.6 Å². The summed E-state index contributed by atoms with van der Waals surface area (Å²) in [6.07, 6.45) is 6.51. The number of likely N-dealkylation sites (N-methyl/N-ethyl adjacent to an activating group) is 1. The second kappa shape index (κ2) is 15.6. The van der Waals surface area contributed by atoms with Crippen LogP contribution in [0.15, 0.2) is 29.6 Å². The van der Waals surface area contributed by atoms with E-state index in [1.807, 2.05) is 6.79 Å². The largest absolute Gasteiger partial charge is 0.488 e. The number of carbonyl (C=O) groups is 1. The Labute approximate surface area is 265 Å². The molecule has 5 rings (SSSR count). The van der Waals surface area contributed by atoms with E-state index in [-0.39, 0.29) is 22.0 Å². The molecule has 0 spiro atoms. The number of carbonyl (C=O) groups excluding carboxylic acids is 1. The van der Waals surface area contributed by atoms with Crippen molar-refractivity contribution >= 4 is 51.4 Å². The number of benzene rings is 1. The van der Waals surface area contributed by atoms with Crippen LogP contribution in [0.1, 0.15) is 57.1 Å². The Morgan fingerprint density at radius 3 is 2.36 bits per heavy atom. The van der Waals surface area contributed by atoms with Gasteiger partial charge < -0.3 is 29.8 Å². The number of methoxy groups -OCH3 is 1. The number of nitrogens with zero attached hydrogens (tertiary/aromatic N) is 5. The minimum atomic E-state index is -3.62. The van der Waals surface area contributed by atoms with Crippen LogP contribution in [0.25, 0.3) is 0 Å². The molecular weight excluding hydrogens is 606 g/mol. The average molecular weight is 650 g/mol. The first-order chi connectivity index (χ1) is 20.9. The zero-order chi connectivity index (χ0) is 32.6. The van der Waals surface area contributed by atoms with E-state index >= 15 is 0 Å². The molecule has 2 N–H and O–H groups in total. The molecule has 2 aliphatic rings. The lowest BCUT2D eigenvalue weighted by atomic mass is 9.88. The van der Waals surface area contributed by atoms with E-state index in [1.54, 1.807) is 34.2 Å². The van der Waals surface area contributed by atoms with Crippen LogP contribution in [-0.2, 0) is 26.4 Å². The fourth-order valence-corrected chi connectivity index (χ4v) is 5.79. The summed E-state index contributed by atoms with van der Waals surface area (Å²) >= 11 is 6.39. The molecule has 1 aromatic carbocycles. The molecule has 1 aliphatic carbocycles. The number of sulfone groups is 1. The smallest absolute Gasteiger partial charge is 0.229 e. The molecular formula is C30H44ClN7O5S. The highest BCUT2D eigenvalue weighted by Crippen LogP contribution is 2.39. The van der Waals surface area contributed by atoms with E-state index in [2.05, 4.69) is 63.6 Å². The van der Waals surface area contributed by atoms with Crippen LogP contribution in [0.4, 0.5) is 23.1 Å². The summed E-state index contributed by atoms with van der Waals surface area (Å²) in [5.41, 5.74) is 3.55. The third-order valence-corrected chi connectivity index (χ3v) is 9.39. The van der Waals surface area contributed by atoms with Crippen LogP contribution in [0.2, 0.25) is 5.02 Å². The highest BCUT2D eigenvalue weighted by atomic mass is 35.5. The Balaban J connectivity index is 0.000000688. The molecule has 14 heteroatoms. The quantitative estimate of drug-likeness (QED) is 0.281. The molecule has 0 atom stereocenters. The number of rotatable bonds is 11. The van der Waals surface area contributed by atoms with Gasteiger partial charge in [0.1, 0.15) is 17.6 Å². The van der Waals surface area contributed by atoms with Crippen molar-refractivity contribution in [1.82, 2.24) is 24.6 Å². The molecule has 1 aliphatic heterocycles. The van der Waals surface area contributed by atoms with Crippen molar-refractivity contribution in [1.29, 1.82) is 0 Å². The van der Waals surface area contributed by atoms with Gasteiger partial charge in [-0.2, -0.15) is 10.1 Å². The molecule has 2 aromatic heterocycles. The van der Waals surface area contributed by atoms with Crippen molar-refractivity contribution in [3.63, 3.8) is 0 Å². The van der Waals surface area contributed by atoms with Crippen LogP contribution in [0, 0.1) is 6.92 Å². The number of likely N-dealkylation sites (tertiary alicyclic amines) is 1. The van der Waals surface area contributed by atoms with Gasteiger partial charge in [-0.1, -0.05) is 18.5 Å². The van der Waals surface area contributed by atoms with E-state index < -0.39 is 15.1 Å². The van der Waals surface area contributed by atoms with Crippen LogP contribution in [0.3, 0.4) is 0 Å². The number of halogens is 1. The molecule has 1 saturated carbocycles. The standard InChI is InChI=1S/C25H32ClN7O3S.C4H10O.CH2O/c1-14(2)37(34,35)24-21(13-33(5)31-24)28-23-19(26)10-27-25(30-23)29-20-8-15(3)18(16-11-32(4)12-16)9-22(20)36-17-6-7-17;1-3-4-5-2;1-2/h8-10,13-14,16-17H,6-7,11-12H2,1-5H3,(H2,27,28,29,30);3-4H2,1-2H3;1H2. The maximum Gasteiger partial charge on any atom is 0.229 e. The predicted octanol–water partition coefficient (Wildman–Crippen LogP) is 5.27. The minimum absolute atomic E-state index is 0.0536. The molecule has 3 heterocycles. The van der Waals surface area contributed by atoms with Gasteiger partial charge in [0.05, 0.1) is 28.9 Å². The van der Waals surface area contributed by atoms with Crippen molar-refractivity contribution in [3.05, 3.63) is 40.7 Å². The first kappa shape index (κ1) is 35.2. The summed E-state index contributed by atoms with van der Waals surface area (Å²) in [5.74, 6) is 1.85. The van der Waals surface area contributed by atoms with Gasteiger partial charge in [0.15, 0.2) is 5.82 Å². The fraction of sp³-hybridized carbons (Fsp3) is 0.533. The van der Waals surface area contributed by atoms with Crippen molar-refractivity contribution in [2.24, 2.45) is 7.05 Å². The van der Waals surface area contributed by atoms with Gasteiger partial charge in [0.25, 0.3) is 0 Å². The molecule has 0 radical (unpaired) electrons. The number of ether oxygens (including phenoxy) is 2. The number of aromatic nitrogens is 4. The molecule has 44 heavy (non-hydrogen) atoms. The van der Waals surface area contributed by atoms with Crippen molar-refractivity contribution < 1.29 is 22.7 Å². The van der Waals surface area contributed by atoms with E-state index in [0.717, 1.165) is 50.4 Å². The summed E-state index contributed by atoms with van der Waals surface area (Å²) in [4.78, 5) is 19.2. The Bertz CT molecular complexity index is 1500. The highest BCUT2D eigenvalue weighted by Gasteiger charge is 2.30. The van der Waals surface area contributed by atoms with Gasteiger partial charge in [-0.25, -0.2) is 13.4 Å². The molecule has 1 saturated heterocycles. The van der Waals surface area contributed by atoms with Crippen LogP contribution in [0.5, 0.6) is 5.75 Å². The van der Waals surface area contributed by atoms with E-state index in [1.165, 1.54) is 22.0 Å². The second-order valence-corrected chi connectivity index (χ2v) is 14.0.